The number of nitrogens with one attached hydrogen (secondary N) is 1. The first kappa shape index (κ1) is 12.5. The van der Waals surface area contributed by atoms with E-state index in [4.69, 9.17) is 4.74 Å². The number of quaternary nitrogens is 1. The average Bonchev–Trinajstić information content (AvgIpc) is 2.49. The van der Waals surface area contributed by atoms with Crippen LogP contribution in [-0.2, 0) is 0 Å². The van der Waals surface area contributed by atoms with Gasteiger partial charge >= 0.3 is 0 Å². The molecule has 19 heavy (non-hydrogen) atoms. The number of rotatable bonds is 4. The first-order chi connectivity index (χ1) is 9.43. The van der Waals surface area contributed by atoms with Crippen LogP contribution in [0.4, 0.5) is 0 Å². The molecule has 0 aromatic heterocycles. The predicted octanol–water partition coefficient (Wildman–Crippen LogP) is 2.29. The molecule has 1 saturated heterocycles. The molecule has 0 atom stereocenters. The lowest BCUT2D eigenvalue weighted by molar-refractivity contribution is -0.904. The molecule has 2 aromatic rings. The molecule has 1 aliphatic heterocycles. The summed E-state index contributed by atoms with van der Waals surface area (Å²) in [6.45, 7) is 4.59. The highest BCUT2D eigenvalue weighted by Gasteiger charge is 2.13. The molecule has 0 spiro atoms. The first-order valence-electron chi connectivity index (χ1n) is 7.37. The van der Waals surface area contributed by atoms with Gasteiger partial charge in [0.1, 0.15) is 18.9 Å². The van der Waals surface area contributed by atoms with Crippen LogP contribution in [0, 0.1) is 0 Å². The van der Waals surface area contributed by atoms with Gasteiger partial charge in [-0.2, -0.15) is 0 Å². The molecular formula is C17H22NO+. The van der Waals surface area contributed by atoms with Gasteiger partial charge < -0.3 is 9.64 Å². The summed E-state index contributed by atoms with van der Waals surface area (Å²) in [5.41, 5.74) is 0. The molecule has 0 saturated carbocycles. The standard InChI is InChI=1S/C17H21NO/c1-4-11-18(12-5-1)13-14-19-17-10-6-8-15-7-2-3-9-16(15)17/h2-3,6-10H,1,4-5,11-14H2/p+1. The highest BCUT2D eigenvalue weighted by molar-refractivity contribution is 5.88. The maximum Gasteiger partial charge on any atom is 0.137 e. The Morgan fingerprint density at radius 2 is 1.68 bits per heavy atom. The molecule has 0 radical (unpaired) electrons. The zero-order valence-electron chi connectivity index (χ0n) is 11.4. The van der Waals surface area contributed by atoms with Gasteiger partial charge in [0.05, 0.1) is 13.1 Å². The lowest BCUT2D eigenvalue weighted by Crippen LogP contribution is -3.13. The third kappa shape index (κ3) is 3.07. The maximum atomic E-state index is 6.00. The van der Waals surface area contributed by atoms with Crippen molar-refractivity contribution in [2.24, 2.45) is 0 Å². The second-order valence-corrected chi connectivity index (χ2v) is 5.39. The zero-order chi connectivity index (χ0) is 12.9. The van der Waals surface area contributed by atoms with Crippen molar-refractivity contribution in [2.75, 3.05) is 26.2 Å². The summed E-state index contributed by atoms with van der Waals surface area (Å²) in [7, 11) is 0. The fourth-order valence-electron chi connectivity index (χ4n) is 2.93. The van der Waals surface area contributed by atoms with Crippen LogP contribution in [0.5, 0.6) is 5.75 Å². The number of fused-ring (bicyclic) bond motifs is 1. The van der Waals surface area contributed by atoms with Gasteiger partial charge in [0, 0.05) is 5.39 Å². The van der Waals surface area contributed by atoms with Crippen LogP contribution >= 0.6 is 0 Å². The maximum absolute atomic E-state index is 6.00. The third-order valence-electron chi connectivity index (χ3n) is 4.02. The molecule has 1 N–H and O–H groups in total. The van der Waals surface area contributed by atoms with Gasteiger partial charge in [0.25, 0.3) is 0 Å². The zero-order valence-corrected chi connectivity index (χ0v) is 11.4. The summed E-state index contributed by atoms with van der Waals surface area (Å²) in [6, 6.07) is 14.7. The van der Waals surface area contributed by atoms with Crippen LogP contribution in [0.3, 0.4) is 0 Å². The number of benzene rings is 2. The molecule has 3 rings (SSSR count). The van der Waals surface area contributed by atoms with E-state index in [2.05, 4.69) is 42.5 Å². The van der Waals surface area contributed by atoms with Gasteiger partial charge in [0.15, 0.2) is 0 Å². The summed E-state index contributed by atoms with van der Waals surface area (Å²) in [6.07, 6.45) is 4.17. The minimum absolute atomic E-state index is 0.823. The van der Waals surface area contributed by atoms with Crippen molar-refractivity contribution in [2.45, 2.75) is 19.3 Å². The highest BCUT2D eigenvalue weighted by atomic mass is 16.5. The van der Waals surface area contributed by atoms with Crippen LogP contribution in [0.1, 0.15) is 19.3 Å². The van der Waals surface area contributed by atoms with Crippen LogP contribution in [0.25, 0.3) is 10.8 Å². The second-order valence-electron chi connectivity index (χ2n) is 5.39. The Morgan fingerprint density at radius 1 is 0.895 bits per heavy atom. The number of hydrogen-bond donors (Lipinski definition) is 1. The number of piperidine rings is 1. The monoisotopic (exact) mass is 256 g/mol. The fourth-order valence-corrected chi connectivity index (χ4v) is 2.93. The van der Waals surface area contributed by atoms with Crippen molar-refractivity contribution < 1.29 is 9.64 Å². The lowest BCUT2D eigenvalue weighted by atomic mass is 10.1. The Kier molecular flexibility index (Phi) is 3.99. The van der Waals surface area contributed by atoms with Crippen LogP contribution in [0.15, 0.2) is 42.5 Å². The molecule has 100 valence electrons. The lowest BCUT2D eigenvalue weighted by Gasteiger charge is -2.23. The fraction of sp³-hybridized carbons (Fsp3) is 0.412. The highest BCUT2D eigenvalue weighted by Crippen LogP contribution is 2.24. The van der Waals surface area contributed by atoms with E-state index >= 15 is 0 Å². The summed E-state index contributed by atoms with van der Waals surface area (Å²) < 4.78 is 6.00. The van der Waals surface area contributed by atoms with Crippen molar-refractivity contribution in [3.8, 4) is 5.75 Å². The Hall–Kier alpha value is -1.54. The predicted molar refractivity (Wildman–Crippen MR) is 78.9 cm³/mol. The van der Waals surface area contributed by atoms with E-state index in [0.717, 1.165) is 18.9 Å². The number of hydrogen-bond acceptors (Lipinski definition) is 1. The van der Waals surface area contributed by atoms with E-state index in [1.54, 1.807) is 4.90 Å². The van der Waals surface area contributed by atoms with Crippen LogP contribution < -0.4 is 9.64 Å². The summed E-state index contributed by atoms with van der Waals surface area (Å²) in [4.78, 5) is 1.70. The van der Waals surface area contributed by atoms with Gasteiger partial charge in [-0.3, -0.25) is 0 Å². The summed E-state index contributed by atoms with van der Waals surface area (Å²) in [5, 5.41) is 2.48. The van der Waals surface area contributed by atoms with E-state index in [0.29, 0.717) is 0 Å². The molecule has 0 aliphatic carbocycles. The average molecular weight is 256 g/mol. The number of likely N-dealkylation sites (tertiary alicyclic amines) is 1. The van der Waals surface area contributed by atoms with Crippen molar-refractivity contribution in [3.63, 3.8) is 0 Å². The van der Waals surface area contributed by atoms with E-state index in [1.807, 2.05) is 0 Å². The Morgan fingerprint density at radius 3 is 2.58 bits per heavy atom. The molecule has 2 aromatic carbocycles. The molecule has 0 bridgehead atoms. The Labute approximate surface area is 115 Å². The first-order valence-corrected chi connectivity index (χ1v) is 7.37. The van der Waals surface area contributed by atoms with Gasteiger partial charge in [-0.05, 0) is 30.7 Å². The third-order valence-corrected chi connectivity index (χ3v) is 4.02. The molecule has 0 unspecified atom stereocenters. The quantitative estimate of drug-likeness (QED) is 0.886. The molecule has 1 heterocycles. The molecular weight excluding hydrogens is 234 g/mol. The van der Waals surface area contributed by atoms with E-state index in [9.17, 15) is 0 Å². The van der Waals surface area contributed by atoms with Crippen molar-refractivity contribution in [3.05, 3.63) is 42.5 Å². The number of ether oxygens (including phenoxy) is 1. The molecule has 1 fully saturated rings. The normalized spacial score (nSPS) is 16.6. The minimum Gasteiger partial charge on any atom is -0.487 e. The molecule has 0 amide bonds. The van der Waals surface area contributed by atoms with Crippen molar-refractivity contribution in [1.29, 1.82) is 0 Å². The molecule has 1 aliphatic rings. The second kappa shape index (κ2) is 6.07. The van der Waals surface area contributed by atoms with Crippen LogP contribution in [-0.4, -0.2) is 26.2 Å². The Bertz CT molecular complexity index is 526. The van der Waals surface area contributed by atoms with E-state index in [1.165, 1.54) is 43.1 Å². The van der Waals surface area contributed by atoms with Crippen molar-refractivity contribution >= 4 is 10.8 Å². The van der Waals surface area contributed by atoms with Crippen molar-refractivity contribution in [1.82, 2.24) is 0 Å². The Balaban J connectivity index is 1.62. The topological polar surface area (TPSA) is 13.7 Å². The van der Waals surface area contributed by atoms with Gasteiger partial charge in [-0.15, -0.1) is 0 Å². The minimum atomic E-state index is 0.823. The van der Waals surface area contributed by atoms with E-state index < -0.39 is 0 Å². The van der Waals surface area contributed by atoms with E-state index in [-0.39, 0.29) is 0 Å². The van der Waals surface area contributed by atoms with Gasteiger partial charge in [-0.25, -0.2) is 0 Å². The largest absolute Gasteiger partial charge is 0.487 e. The van der Waals surface area contributed by atoms with Crippen LogP contribution in [0.2, 0.25) is 0 Å². The summed E-state index contributed by atoms with van der Waals surface area (Å²) in [5.74, 6) is 1.02. The smallest absolute Gasteiger partial charge is 0.137 e. The molecule has 2 heteroatoms. The van der Waals surface area contributed by atoms with Gasteiger partial charge in [0.2, 0.25) is 0 Å². The summed E-state index contributed by atoms with van der Waals surface area (Å²) >= 11 is 0. The van der Waals surface area contributed by atoms with Gasteiger partial charge in [-0.1, -0.05) is 36.4 Å². The molecule has 2 nitrogen and oxygen atoms in total. The SMILES string of the molecule is c1ccc2c(OCC[NH+]3CCCCC3)cccc2c1.